The van der Waals surface area contributed by atoms with E-state index in [-0.39, 0.29) is 0 Å². The van der Waals surface area contributed by atoms with Crippen LogP contribution >= 0.6 is 11.6 Å². The van der Waals surface area contributed by atoms with Crippen LogP contribution in [-0.2, 0) is 11.2 Å². The first-order valence-electron chi connectivity index (χ1n) is 7.67. The Morgan fingerprint density at radius 2 is 1.85 bits per heavy atom. The number of halogens is 1. The van der Waals surface area contributed by atoms with Crippen LogP contribution in [0.15, 0.2) is 24.3 Å². The standard InChI is InChI=1S/C17H28ClNO/c1-4-10-20-11-9-16(13-19-14(2)3)12-15-5-7-17(18)8-6-15/h5-8,14,16,19H,4,9-13H2,1-3H3. The van der Waals surface area contributed by atoms with E-state index in [0.29, 0.717) is 12.0 Å². The molecule has 20 heavy (non-hydrogen) atoms. The summed E-state index contributed by atoms with van der Waals surface area (Å²) in [4.78, 5) is 0. The van der Waals surface area contributed by atoms with Gasteiger partial charge in [-0.2, -0.15) is 0 Å². The average Bonchev–Trinajstić information content (AvgIpc) is 2.43. The first-order chi connectivity index (χ1) is 9.61. The lowest BCUT2D eigenvalue weighted by Gasteiger charge is -2.19. The Balaban J connectivity index is 2.45. The van der Waals surface area contributed by atoms with Gasteiger partial charge in [-0.1, -0.05) is 44.5 Å². The first kappa shape index (κ1) is 17.5. The van der Waals surface area contributed by atoms with Crippen molar-refractivity contribution < 1.29 is 4.74 Å². The third-order valence-corrected chi connectivity index (χ3v) is 3.52. The third kappa shape index (κ3) is 7.88. The van der Waals surface area contributed by atoms with E-state index in [2.05, 4.69) is 38.2 Å². The molecule has 0 amide bonds. The maximum atomic E-state index is 5.94. The molecule has 114 valence electrons. The molecule has 0 bridgehead atoms. The van der Waals surface area contributed by atoms with Crippen LogP contribution in [0.3, 0.4) is 0 Å². The lowest BCUT2D eigenvalue weighted by atomic mass is 9.96. The predicted molar refractivity (Wildman–Crippen MR) is 87.5 cm³/mol. The molecule has 0 aliphatic carbocycles. The van der Waals surface area contributed by atoms with Gasteiger partial charge in [0.2, 0.25) is 0 Å². The number of ether oxygens (including phenoxy) is 1. The molecule has 1 rings (SSSR count). The maximum absolute atomic E-state index is 5.94. The molecule has 1 atom stereocenters. The van der Waals surface area contributed by atoms with Crippen molar-refractivity contribution in [2.45, 2.75) is 46.1 Å². The summed E-state index contributed by atoms with van der Waals surface area (Å²) in [6, 6.07) is 8.71. The van der Waals surface area contributed by atoms with Crippen molar-refractivity contribution in [2.24, 2.45) is 5.92 Å². The molecular formula is C17H28ClNO. The average molecular weight is 298 g/mol. The summed E-state index contributed by atoms with van der Waals surface area (Å²) in [6.07, 6.45) is 3.26. The Kier molecular flexibility index (Phi) is 8.92. The molecule has 0 heterocycles. The zero-order valence-corrected chi connectivity index (χ0v) is 13.7. The number of hydrogen-bond donors (Lipinski definition) is 1. The largest absolute Gasteiger partial charge is 0.381 e. The molecule has 0 aliphatic heterocycles. The fourth-order valence-electron chi connectivity index (χ4n) is 2.13. The van der Waals surface area contributed by atoms with Crippen LogP contribution in [0.1, 0.15) is 39.2 Å². The van der Waals surface area contributed by atoms with Gasteiger partial charge >= 0.3 is 0 Å². The van der Waals surface area contributed by atoms with Crippen molar-refractivity contribution >= 4 is 11.6 Å². The van der Waals surface area contributed by atoms with Gasteiger partial charge in [0.05, 0.1) is 0 Å². The lowest BCUT2D eigenvalue weighted by molar-refractivity contribution is 0.120. The van der Waals surface area contributed by atoms with Gasteiger partial charge in [0, 0.05) is 24.3 Å². The smallest absolute Gasteiger partial charge is 0.0469 e. The highest BCUT2D eigenvalue weighted by Gasteiger charge is 2.10. The van der Waals surface area contributed by atoms with Crippen molar-refractivity contribution in [1.29, 1.82) is 0 Å². The van der Waals surface area contributed by atoms with Gasteiger partial charge in [-0.25, -0.2) is 0 Å². The third-order valence-electron chi connectivity index (χ3n) is 3.27. The van der Waals surface area contributed by atoms with Crippen LogP contribution < -0.4 is 5.32 Å². The van der Waals surface area contributed by atoms with Crippen molar-refractivity contribution in [2.75, 3.05) is 19.8 Å². The highest BCUT2D eigenvalue weighted by atomic mass is 35.5. The van der Waals surface area contributed by atoms with E-state index < -0.39 is 0 Å². The molecule has 1 aromatic rings. The zero-order chi connectivity index (χ0) is 14.8. The van der Waals surface area contributed by atoms with Crippen molar-refractivity contribution in [3.8, 4) is 0 Å². The fraction of sp³-hybridized carbons (Fsp3) is 0.647. The monoisotopic (exact) mass is 297 g/mol. The number of benzene rings is 1. The van der Waals surface area contributed by atoms with Gasteiger partial charge in [0.25, 0.3) is 0 Å². The highest BCUT2D eigenvalue weighted by molar-refractivity contribution is 6.30. The van der Waals surface area contributed by atoms with E-state index in [1.54, 1.807) is 0 Å². The normalized spacial score (nSPS) is 12.8. The SMILES string of the molecule is CCCOCCC(CNC(C)C)Cc1ccc(Cl)cc1. The Bertz CT molecular complexity index is 351. The summed E-state index contributed by atoms with van der Waals surface area (Å²) in [7, 11) is 0. The second kappa shape index (κ2) is 10.2. The summed E-state index contributed by atoms with van der Waals surface area (Å²) < 4.78 is 5.63. The molecule has 1 unspecified atom stereocenters. The molecule has 3 heteroatoms. The number of rotatable bonds is 10. The van der Waals surface area contributed by atoms with E-state index in [1.807, 2.05) is 12.1 Å². The molecule has 0 fully saturated rings. The molecule has 0 spiro atoms. The van der Waals surface area contributed by atoms with Gasteiger partial charge in [0.1, 0.15) is 0 Å². The van der Waals surface area contributed by atoms with Crippen molar-refractivity contribution in [1.82, 2.24) is 5.32 Å². The lowest BCUT2D eigenvalue weighted by Crippen LogP contribution is -2.30. The quantitative estimate of drug-likeness (QED) is 0.650. The Morgan fingerprint density at radius 1 is 1.15 bits per heavy atom. The van der Waals surface area contributed by atoms with Gasteiger partial charge in [-0.05, 0) is 49.4 Å². The van der Waals surface area contributed by atoms with Gasteiger partial charge in [-0.3, -0.25) is 0 Å². The van der Waals surface area contributed by atoms with Gasteiger partial charge in [-0.15, -0.1) is 0 Å². The summed E-state index contributed by atoms with van der Waals surface area (Å²) >= 11 is 5.94. The topological polar surface area (TPSA) is 21.3 Å². The van der Waals surface area contributed by atoms with Crippen molar-refractivity contribution in [3.63, 3.8) is 0 Å². The van der Waals surface area contributed by atoms with Crippen molar-refractivity contribution in [3.05, 3.63) is 34.9 Å². The minimum absolute atomic E-state index is 0.527. The number of nitrogens with one attached hydrogen (secondary N) is 1. The Hall–Kier alpha value is -0.570. The minimum atomic E-state index is 0.527. The summed E-state index contributed by atoms with van der Waals surface area (Å²) in [6.45, 7) is 9.28. The van der Waals surface area contributed by atoms with E-state index in [0.717, 1.165) is 44.0 Å². The molecule has 0 aliphatic rings. The zero-order valence-electron chi connectivity index (χ0n) is 13.0. The molecule has 1 aromatic carbocycles. The maximum Gasteiger partial charge on any atom is 0.0469 e. The van der Waals surface area contributed by atoms with Crippen LogP contribution in [0.2, 0.25) is 5.02 Å². The second-order valence-corrected chi connectivity index (χ2v) is 6.10. The molecular weight excluding hydrogens is 270 g/mol. The second-order valence-electron chi connectivity index (χ2n) is 5.66. The van der Waals surface area contributed by atoms with Crippen LogP contribution in [0.25, 0.3) is 0 Å². The summed E-state index contributed by atoms with van der Waals surface area (Å²) in [5.74, 6) is 0.607. The van der Waals surface area contributed by atoms with E-state index in [9.17, 15) is 0 Å². The van der Waals surface area contributed by atoms with Gasteiger partial charge in [0.15, 0.2) is 0 Å². The van der Waals surface area contributed by atoms with E-state index in [1.165, 1.54) is 5.56 Å². The van der Waals surface area contributed by atoms with E-state index in [4.69, 9.17) is 16.3 Å². The van der Waals surface area contributed by atoms with E-state index >= 15 is 0 Å². The number of hydrogen-bond acceptors (Lipinski definition) is 2. The fourth-order valence-corrected chi connectivity index (χ4v) is 2.25. The van der Waals surface area contributed by atoms with Gasteiger partial charge < -0.3 is 10.1 Å². The molecule has 0 radical (unpaired) electrons. The summed E-state index contributed by atoms with van der Waals surface area (Å²) in [5.41, 5.74) is 1.35. The molecule has 0 saturated carbocycles. The molecule has 0 aromatic heterocycles. The minimum Gasteiger partial charge on any atom is -0.381 e. The highest BCUT2D eigenvalue weighted by Crippen LogP contribution is 2.15. The van der Waals surface area contributed by atoms with Crippen LogP contribution in [-0.4, -0.2) is 25.8 Å². The van der Waals surface area contributed by atoms with Crippen LogP contribution in [0.5, 0.6) is 0 Å². The molecule has 0 saturated heterocycles. The molecule has 1 N–H and O–H groups in total. The van der Waals surface area contributed by atoms with Crippen LogP contribution in [0.4, 0.5) is 0 Å². The van der Waals surface area contributed by atoms with Crippen LogP contribution in [0, 0.1) is 5.92 Å². The Morgan fingerprint density at radius 3 is 2.45 bits per heavy atom. The Labute approximate surface area is 128 Å². The molecule has 2 nitrogen and oxygen atoms in total. The predicted octanol–water partition coefficient (Wildman–Crippen LogP) is 4.31. The summed E-state index contributed by atoms with van der Waals surface area (Å²) in [5, 5.41) is 4.34. The first-order valence-corrected chi connectivity index (χ1v) is 8.05.